The van der Waals surface area contributed by atoms with E-state index in [1.807, 2.05) is 30.3 Å². The quantitative estimate of drug-likeness (QED) is 0.520. The summed E-state index contributed by atoms with van der Waals surface area (Å²) in [5.74, 6) is 0.218. The lowest BCUT2D eigenvalue weighted by atomic mass is 10.2. The lowest BCUT2D eigenvalue weighted by Crippen LogP contribution is -2.30. The fourth-order valence-corrected chi connectivity index (χ4v) is 4.76. The van der Waals surface area contributed by atoms with E-state index in [-0.39, 0.29) is 17.3 Å². The molecule has 158 valence electrons. The third-order valence-corrected chi connectivity index (χ3v) is 6.96. The fourth-order valence-electron chi connectivity index (χ4n) is 3.04. The van der Waals surface area contributed by atoms with Crippen molar-refractivity contribution < 1.29 is 13.2 Å². The van der Waals surface area contributed by atoms with E-state index < -0.39 is 10.0 Å². The molecule has 1 aromatic heterocycles. The summed E-state index contributed by atoms with van der Waals surface area (Å²) in [5.41, 5.74) is 1.19. The fraction of sp³-hybridized carbons (Fsp3) is 0.250. The normalized spacial score (nSPS) is 11.6. The van der Waals surface area contributed by atoms with Gasteiger partial charge in [-0.15, -0.1) is 0 Å². The number of carbonyl (C=O) groups is 1. The monoisotopic (exact) mass is 445 g/mol. The predicted molar refractivity (Wildman–Crippen MR) is 116 cm³/mol. The van der Waals surface area contributed by atoms with Gasteiger partial charge in [0.1, 0.15) is 0 Å². The first-order valence-electron chi connectivity index (χ1n) is 9.48. The van der Waals surface area contributed by atoms with Gasteiger partial charge in [0.2, 0.25) is 10.0 Å². The topological polar surface area (TPSA) is 100 Å². The van der Waals surface area contributed by atoms with Crippen LogP contribution < -0.4 is 5.32 Å². The molecule has 0 saturated carbocycles. The number of aromatic nitrogens is 3. The highest BCUT2D eigenvalue weighted by molar-refractivity contribution is 7.89. The van der Waals surface area contributed by atoms with Crippen molar-refractivity contribution in [3.63, 3.8) is 0 Å². The van der Waals surface area contributed by atoms with Gasteiger partial charge in [-0.25, -0.2) is 8.42 Å². The molecule has 0 spiro atoms. The molecule has 30 heavy (non-hydrogen) atoms. The van der Waals surface area contributed by atoms with Crippen LogP contribution >= 0.6 is 12.2 Å². The summed E-state index contributed by atoms with van der Waals surface area (Å²) < 4.78 is 28.7. The Morgan fingerprint density at radius 2 is 1.73 bits per heavy atom. The molecule has 0 aliphatic carbocycles. The molecule has 3 rings (SSSR count). The minimum Gasteiger partial charge on any atom is -0.345 e. The Hall–Kier alpha value is -2.82. The maximum Gasteiger partial charge on any atom is 0.251 e. The molecule has 0 fully saturated rings. The van der Waals surface area contributed by atoms with Crippen molar-refractivity contribution in [3.05, 3.63) is 70.8 Å². The van der Waals surface area contributed by atoms with Crippen molar-refractivity contribution in [2.24, 2.45) is 0 Å². The number of para-hydroxylation sites is 1. The molecule has 0 aliphatic heterocycles. The molecule has 8 nitrogen and oxygen atoms in total. The summed E-state index contributed by atoms with van der Waals surface area (Å²) in [6.07, 6.45) is 0. The zero-order valence-electron chi connectivity index (χ0n) is 16.7. The molecular formula is C20H23N5O3S2. The average molecular weight is 446 g/mol. The van der Waals surface area contributed by atoms with Crippen molar-refractivity contribution in [1.82, 2.24) is 24.4 Å². The van der Waals surface area contributed by atoms with Crippen LogP contribution in [-0.4, -0.2) is 46.5 Å². The van der Waals surface area contributed by atoms with E-state index in [0.717, 1.165) is 5.69 Å². The van der Waals surface area contributed by atoms with E-state index in [1.165, 1.54) is 28.6 Å². The van der Waals surface area contributed by atoms with E-state index in [1.54, 1.807) is 18.4 Å². The second-order valence-corrected chi connectivity index (χ2v) is 8.74. The van der Waals surface area contributed by atoms with Gasteiger partial charge in [0.15, 0.2) is 10.6 Å². The van der Waals surface area contributed by atoms with Crippen LogP contribution in [0.15, 0.2) is 59.5 Å². The molecule has 2 aromatic carbocycles. The summed E-state index contributed by atoms with van der Waals surface area (Å²) in [7, 11) is -3.56. The molecule has 0 aliphatic rings. The van der Waals surface area contributed by atoms with Gasteiger partial charge in [0, 0.05) is 24.3 Å². The number of aromatic amines is 1. The number of sulfonamides is 1. The van der Waals surface area contributed by atoms with Crippen LogP contribution in [0.25, 0.3) is 5.69 Å². The van der Waals surface area contributed by atoms with Gasteiger partial charge in [-0.3, -0.25) is 14.5 Å². The maximum atomic E-state index is 12.6. The van der Waals surface area contributed by atoms with Crippen LogP contribution in [-0.2, 0) is 16.6 Å². The summed E-state index contributed by atoms with van der Waals surface area (Å²) in [5, 5.41) is 9.72. The third-order valence-electron chi connectivity index (χ3n) is 4.62. The van der Waals surface area contributed by atoms with Crippen LogP contribution in [0.4, 0.5) is 0 Å². The Bertz CT molecular complexity index is 1170. The third kappa shape index (κ3) is 4.50. The molecule has 3 aromatic rings. The number of hydrogen-bond donors (Lipinski definition) is 2. The highest BCUT2D eigenvalue weighted by Gasteiger charge is 2.21. The zero-order chi connectivity index (χ0) is 21.7. The smallest absolute Gasteiger partial charge is 0.251 e. The molecule has 1 heterocycles. The highest BCUT2D eigenvalue weighted by Crippen LogP contribution is 2.16. The van der Waals surface area contributed by atoms with Gasteiger partial charge in [0.05, 0.1) is 11.4 Å². The van der Waals surface area contributed by atoms with Crippen molar-refractivity contribution in [2.45, 2.75) is 25.3 Å². The van der Waals surface area contributed by atoms with Crippen LogP contribution in [0.1, 0.15) is 30.0 Å². The van der Waals surface area contributed by atoms with E-state index >= 15 is 0 Å². The van der Waals surface area contributed by atoms with Gasteiger partial charge >= 0.3 is 0 Å². The number of nitrogens with zero attached hydrogens (tertiary/aromatic N) is 3. The van der Waals surface area contributed by atoms with Crippen LogP contribution in [0.2, 0.25) is 0 Å². The number of amides is 1. The number of nitrogens with one attached hydrogen (secondary N) is 2. The van der Waals surface area contributed by atoms with Gasteiger partial charge in [0.25, 0.3) is 5.91 Å². The Kier molecular flexibility index (Phi) is 6.80. The number of rotatable bonds is 8. The van der Waals surface area contributed by atoms with Gasteiger partial charge in [-0.1, -0.05) is 32.0 Å². The number of H-pyrrole nitrogens is 1. The molecule has 2 N–H and O–H groups in total. The Morgan fingerprint density at radius 3 is 2.33 bits per heavy atom. The SMILES string of the molecule is CCN(CC)S(=O)(=O)c1ccc(C(=O)NCc2n[nH]c(=S)n2-c2ccccc2)cc1. The van der Waals surface area contributed by atoms with E-state index in [4.69, 9.17) is 12.2 Å². The number of benzene rings is 2. The molecule has 10 heteroatoms. The number of hydrogen-bond acceptors (Lipinski definition) is 5. The first kappa shape index (κ1) is 21.9. The van der Waals surface area contributed by atoms with Crippen molar-refractivity contribution in [1.29, 1.82) is 0 Å². The van der Waals surface area contributed by atoms with Crippen LogP contribution in [0.5, 0.6) is 0 Å². The van der Waals surface area contributed by atoms with Crippen molar-refractivity contribution >= 4 is 28.1 Å². The van der Waals surface area contributed by atoms with Gasteiger partial charge in [-0.05, 0) is 48.6 Å². The van der Waals surface area contributed by atoms with Crippen molar-refractivity contribution in [3.8, 4) is 5.69 Å². The second kappa shape index (κ2) is 9.33. The van der Waals surface area contributed by atoms with E-state index in [0.29, 0.717) is 29.2 Å². The second-order valence-electron chi connectivity index (χ2n) is 6.41. The first-order chi connectivity index (χ1) is 14.4. The summed E-state index contributed by atoms with van der Waals surface area (Å²) >= 11 is 5.29. The summed E-state index contributed by atoms with van der Waals surface area (Å²) in [6.45, 7) is 4.50. The minimum absolute atomic E-state index is 0.153. The Morgan fingerprint density at radius 1 is 1.10 bits per heavy atom. The highest BCUT2D eigenvalue weighted by atomic mass is 32.2. The number of carbonyl (C=O) groups excluding carboxylic acids is 1. The molecule has 0 unspecified atom stereocenters. The molecule has 0 atom stereocenters. The van der Waals surface area contributed by atoms with Crippen molar-refractivity contribution in [2.75, 3.05) is 13.1 Å². The summed E-state index contributed by atoms with van der Waals surface area (Å²) in [4.78, 5) is 12.7. The molecular weight excluding hydrogens is 422 g/mol. The lowest BCUT2D eigenvalue weighted by molar-refractivity contribution is 0.0949. The minimum atomic E-state index is -3.56. The first-order valence-corrected chi connectivity index (χ1v) is 11.3. The molecule has 0 radical (unpaired) electrons. The summed E-state index contributed by atoms with van der Waals surface area (Å²) in [6, 6.07) is 15.4. The Labute approximate surface area is 180 Å². The van der Waals surface area contributed by atoms with Crippen LogP contribution in [0, 0.1) is 4.77 Å². The van der Waals surface area contributed by atoms with Gasteiger partial charge < -0.3 is 5.32 Å². The molecule has 0 bridgehead atoms. The standard InChI is InChI=1S/C20H23N5O3S2/c1-3-24(4-2)30(27,28)17-12-10-15(11-13-17)19(26)21-14-18-22-23-20(29)25(18)16-8-6-5-7-9-16/h5-13H,3-4,14H2,1-2H3,(H,21,26)(H,23,29). The van der Waals surface area contributed by atoms with E-state index in [9.17, 15) is 13.2 Å². The largest absolute Gasteiger partial charge is 0.345 e. The van der Waals surface area contributed by atoms with Crippen LogP contribution in [0.3, 0.4) is 0 Å². The Balaban J connectivity index is 1.73. The molecule has 1 amide bonds. The van der Waals surface area contributed by atoms with E-state index in [2.05, 4.69) is 15.5 Å². The maximum absolute atomic E-state index is 12.6. The predicted octanol–water partition coefficient (Wildman–Crippen LogP) is 2.89. The van der Waals surface area contributed by atoms with Gasteiger partial charge in [-0.2, -0.15) is 9.40 Å². The lowest BCUT2D eigenvalue weighted by Gasteiger charge is -2.18. The molecule has 0 saturated heterocycles. The zero-order valence-corrected chi connectivity index (χ0v) is 18.3. The average Bonchev–Trinajstić information content (AvgIpc) is 3.13.